The van der Waals surface area contributed by atoms with Gasteiger partial charge in [0.15, 0.2) is 0 Å². The highest BCUT2D eigenvalue weighted by Crippen LogP contribution is 2.21. The van der Waals surface area contributed by atoms with Gasteiger partial charge in [0.05, 0.1) is 11.3 Å². The molecule has 0 saturated carbocycles. The van der Waals surface area contributed by atoms with Gasteiger partial charge in [-0.3, -0.25) is 0 Å². The van der Waals surface area contributed by atoms with E-state index in [2.05, 4.69) is 11.4 Å². The summed E-state index contributed by atoms with van der Waals surface area (Å²) < 4.78 is 13.6. The Bertz CT molecular complexity index is 497. The summed E-state index contributed by atoms with van der Waals surface area (Å²) in [6, 6.07) is 3.94. The Kier molecular flexibility index (Phi) is 4.55. The minimum Gasteiger partial charge on any atom is -0.478 e. The molecule has 0 bridgehead atoms. The van der Waals surface area contributed by atoms with Crippen molar-refractivity contribution in [2.24, 2.45) is 0 Å². The second kappa shape index (κ2) is 6.36. The number of hydrogen-bond donors (Lipinski definition) is 2. The van der Waals surface area contributed by atoms with E-state index >= 15 is 0 Å². The molecule has 0 spiro atoms. The van der Waals surface area contributed by atoms with Crippen LogP contribution in [0.3, 0.4) is 0 Å². The number of aromatic carboxylic acids is 1. The molecule has 102 valence electrons. The number of nitrogens with one attached hydrogen (secondary N) is 1. The van der Waals surface area contributed by atoms with Crippen molar-refractivity contribution < 1.29 is 14.3 Å². The molecule has 0 aliphatic heterocycles. The molecule has 19 heavy (non-hydrogen) atoms. The first-order valence-electron chi connectivity index (χ1n) is 6.61. The molecule has 1 aromatic rings. The smallest absolute Gasteiger partial charge is 0.335 e. The van der Waals surface area contributed by atoms with E-state index in [0.29, 0.717) is 12.2 Å². The highest BCUT2D eigenvalue weighted by molar-refractivity contribution is 5.88. The van der Waals surface area contributed by atoms with Crippen LogP contribution >= 0.6 is 0 Å². The van der Waals surface area contributed by atoms with Crippen LogP contribution in [0.2, 0.25) is 0 Å². The van der Waals surface area contributed by atoms with E-state index < -0.39 is 11.8 Å². The zero-order valence-electron chi connectivity index (χ0n) is 10.8. The van der Waals surface area contributed by atoms with Crippen LogP contribution in [-0.2, 0) is 0 Å². The number of anilines is 1. The van der Waals surface area contributed by atoms with Crippen LogP contribution in [0.15, 0.2) is 29.8 Å². The SMILES string of the molecule is O=C(O)c1ccc(NCCC2=CCCCC2)c(F)c1. The van der Waals surface area contributed by atoms with Gasteiger partial charge in [0.1, 0.15) is 5.82 Å². The number of carboxylic acid groups (broad SMARTS) is 1. The van der Waals surface area contributed by atoms with Gasteiger partial charge in [-0.2, -0.15) is 0 Å². The van der Waals surface area contributed by atoms with E-state index in [1.54, 1.807) is 0 Å². The minimum atomic E-state index is -1.11. The zero-order valence-corrected chi connectivity index (χ0v) is 10.8. The van der Waals surface area contributed by atoms with Crippen LogP contribution < -0.4 is 5.32 Å². The average molecular weight is 263 g/mol. The van der Waals surface area contributed by atoms with E-state index in [1.165, 1.54) is 30.5 Å². The molecule has 0 atom stereocenters. The summed E-state index contributed by atoms with van der Waals surface area (Å²) in [4.78, 5) is 10.7. The number of carboxylic acids is 1. The van der Waals surface area contributed by atoms with Crippen LogP contribution in [0.4, 0.5) is 10.1 Å². The van der Waals surface area contributed by atoms with Crippen molar-refractivity contribution in [3.63, 3.8) is 0 Å². The maximum atomic E-state index is 13.6. The first-order chi connectivity index (χ1) is 9.16. The summed E-state index contributed by atoms with van der Waals surface area (Å²) in [6.07, 6.45) is 7.99. The molecule has 0 amide bonds. The lowest BCUT2D eigenvalue weighted by atomic mass is 9.97. The highest BCUT2D eigenvalue weighted by atomic mass is 19.1. The van der Waals surface area contributed by atoms with Crippen LogP contribution in [0, 0.1) is 5.82 Å². The third-order valence-corrected chi connectivity index (χ3v) is 3.36. The Morgan fingerprint density at radius 1 is 1.37 bits per heavy atom. The largest absolute Gasteiger partial charge is 0.478 e. The van der Waals surface area contributed by atoms with Gasteiger partial charge < -0.3 is 10.4 Å². The number of benzene rings is 1. The van der Waals surface area contributed by atoms with Crippen LogP contribution in [-0.4, -0.2) is 17.6 Å². The molecule has 2 N–H and O–H groups in total. The maximum Gasteiger partial charge on any atom is 0.335 e. The predicted octanol–water partition coefficient (Wildman–Crippen LogP) is 3.83. The third kappa shape index (κ3) is 3.81. The zero-order chi connectivity index (χ0) is 13.7. The molecular weight excluding hydrogens is 245 g/mol. The first-order valence-corrected chi connectivity index (χ1v) is 6.61. The van der Waals surface area contributed by atoms with Gasteiger partial charge in [-0.1, -0.05) is 11.6 Å². The lowest BCUT2D eigenvalue weighted by Crippen LogP contribution is -2.07. The van der Waals surface area contributed by atoms with E-state index in [4.69, 9.17) is 5.11 Å². The molecular formula is C15H18FNO2. The summed E-state index contributed by atoms with van der Waals surface area (Å²) in [7, 11) is 0. The molecule has 0 unspecified atom stereocenters. The van der Waals surface area contributed by atoms with Gasteiger partial charge in [0.25, 0.3) is 0 Å². The van der Waals surface area contributed by atoms with Crippen molar-refractivity contribution in [3.8, 4) is 0 Å². The molecule has 1 aliphatic carbocycles. The fourth-order valence-corrected chi connectivity index (χ4v) is 2.28. The van der Waals surface area contributed by atoms with Gasteiger partial charge in [0, 0.05) is 6.54 Å². The molecule has 0 radical (unpaired) electrons. The van der Waals surface area contributed by atoms with E-state index in [-0.39, 0.29) is 5.56 Å². The standard InChI is InChI=1S/C15H18FNO2/c16-13-10-12(15(18)19)6-7-14(13)17-9-8-11-4-2-1-3-5-11/h4,6-7,10,17H,1-3,5,8-9H2,(H,18,19). The quantitative estimate of drug-likeness (QED) is 0.794. The first kappa shape index (κ1) is 13.6. The van der Waals surface area contributed by atoms with Crippen molar-refractivity contribution in [1.29, 1.82) is 0 Å². The highest BCUT2D eigenvalue weighted by Gasteiger charge is 2.08. The van der Waals surface area contributed by atoms with E-state index in [9.17, 15) is 9.18 Å². The van der Waals surface area contributed by atoms with E-state index in [1.807, 2.05) is 0 Å². The number of carbonyl (C=O) groups is 1. The Balaban J connectivity index is 1.89. The normalized spacial score (nSPS) is 14.9. The number of halogens is 1. The Morgan fingerprint density at radius 3 is 2.84 bits per heavy atom. The summed E-state index contributed by atoms with van der Waals surface area (Å²) in [5.74, 6) is -1.63. The van der Waals surface area contributed by atoms with Gasteiger partial charge in [0.2, 0.25) is 0 Å². The second-order valence-electron chi connectivity index (χ2n) is 4.78. The number of hydrogen-bond acceptors (Lipinski definition) is 2. The van der Waals surface area contributed by atoms with Gasteiger partial charge in [-0.05, 0) is 50.3 Å². The summed E-state index contributed by atoms with van der Waals surface area (Å²) >= 11 is 0. The fourth-order valence-electron chi connectivity index (χ4n) is 2.28. The monoisotopic (exact) mass is 263 g/mol. The fraction of sp³-hybridized carbons (Fsp3) is 0.400. The Morgan fingerprint density at radius 2 is 2.21 bits per heavy atom. The molecule has 0 heterocycles. The lowest BCUT2D eigenvalue weighted by molar-refractivity contribution is 0.0696. The van der Waals surface area contributed by atoms with E-state index in [0.717, 1.165) is 25.3 Å². The summed E-state index contributed by atoms with van der Waals surface area (Å²) in [5, 5.41) is 11.8. The lowest BCUT2D eigenvalue weighted by Gasteiger charge is -2.13. The molecule has 0 saturated heterocycles. The summed E-state index contributed by atoms with van der Waals surface area (Å²) in [6.45, 7) is 0.676. The predicted molar refractivity (Wildman–Crippen MR) is 73.0 cm³/mol. The summed E-state index contributed by atoms with van der Waals surface area (Å²) in [5.41, 5.74) is 1.76. The minimum absolute atomic E-state index is 0.0296. The molecule has 1 aliphatic rings. The van der Waals surface area contributed by atoms with Crippen molar-refractivity contribution in [1.82, 2.24) is 0 Å². The topological polar surface area (TPSA) is 49.3 Å². The molecule has 0 aromatic heterocycles. The van der Waals surface area contributed by atoms with Gasteiger partial charge in [-0.25, -0.2) is 9.18 Å². The van der Waals surface area contributed by atoms with Crippen molar-refractivity contribution >= 4 is 11.7 Å². The van der Waals surface area contributed by atoms with Crippen LogP contribution in [0.25, 0.3) is 0 Å². The van der Waals surface area contributed by atoms with Crippen molar-refractivity contribution in [3.05, 3.63) is 41.2 Å². The number of rotatable bonds is 5. The molecule has 3 nitrogen and oxygen atoms in total. The van der Waals surface area contributed by atoms with Crippen LogP contribution in [0.1, 0.15) is 42.5 Å². The Hall–Kier alpha value is -1.84. The average Bonchev–Trinajstić information content (AvgIpc) is 2.41. The maximum absolute atomic E-state index is 13.6. The molecule has 1 aromatic carbocycles. The molecule has 2 rings (SSSR count). The van der Waals surface area contributed by atoms with Crippen molar-refractivity contribution in [2.45, 2.75) is 32.1 Å². The van der Waals surface area contributed by atoms with Gasteiger partial charge >= 0.3 is 5.97 Å². The van der Waals surface area contributed by atoms with Gasteiger partial charge in [-0.15, -0.1) is 0 Å². The third-order valence-electron chi connectivity index (χ3n) is 3.36. The number of allylic oxidation sites excluding steroid dienone is 1. The Labute approximate surface area is 112 Å². The molecule has 4 heteroatoms. The molecule has 0 fully saturated rings. The van der Waals surface area contributed by atoms with Crippen LogP contribution in [0.5, 0.6) is 0 Å². The second-order valence-corrected chi connectivity index (χ2v) is 4.78. The van der Waals surface area contributed by atoms with Crippen molar-refractivity contribution in [2.75, 3.05) is 11.9 Å².